The van der Waals surface area contributed by atoms with E-state index in [0.717, 1.165) is 32.5 Å². The van der Waals surface area contributed by atoms with E-state index in [1.54, 1.807) is 12.1 Å². The van der Waals surface area contributed by atoms with Gasteiger partial charge in [0.25, 0.3) is 0 Å². The number of halogens is 1. The molecule has 2 saturated heterocycles. The lowest BCUT2D eigenvalue weighted by atomic mass is 9.97. The van der Waals surface area contributed by atoms with Crippen molar-refractivity contribution in [3.8, 4) is 0 Å². The fraction of sp³-hybridized carbons (Fsp3) is 0.533. The minimum atomic E-state index is -0.213. The Balaban J connectivity index is 1.76. The first-order valence-electron chi connectivity index (χ1n) is 7.12. The van der Waals surface area contributed by atoms with Gasteiger partial charge in [-0.15, -0.1) is 11.8 Å². The second-order valence-corrected chi connectivity index (χ2v) is 6.49. The Bertz CT molecular complexity index is 491. The Morgan fingerprint density at radius 2 is 2.05 bits per heavy atom. The molecule has 2 fully saturated rings. The lowest BCUT2D eigenvalue weighted by molar-refractivity contribution is -0.128. The van der Waals surface area contributed by atoms with E-state index in [1.807, 2.05) is 11.0 Å². The summed E-state index contributed by atoms with van der Waals surface area (Å²) in [7, 11) is 0. The predicted molar refractivity (Wildman–Crippen MR) is 78.9 cm³/mol. The fourth-order valence-electron chi connectivity index (χ4n) is 2.93. The Morgan fingerprint density at radius 1 is 1.30 bits per heavy atom. The molecule has 0 spiro atoms. The number of nitrogens with one attached hydrogen (secondary N) is 1. The van der Waals surface area contributed by atoms with Gasteiger partial charge >= 0.3 is 0 Å². The van der Waals surface area contributed by atoms with Crippen LogP contribution in [0.5, 0.6) is 0 Å². The number of amides is 1. The third-order valence-electron chi connectivity index (χ3n) is 4.05. The number of rotatable bonds is 3. The maximum Gasteiger partial charge on any atom is 0.233 e. The van der Waals surface area contributed by atoms with E-state index in [9.17, 15) is 9.18 Å². The average molecular weight is 294 g/mol. The van der Waals surface area contributed by atoms with Crippen LogP contribution in [-0.2, 0) is 4.79 Å². The Kier molecular flexibility index (Phi) is 4.27. The summed E-state index contributed by atoms with van der Waals surface area (Å²) in [5.74, 6) is 0.925. The van der Waals surface area contributed by atoms with Crippen LogP contribution in [0.4, 0.5) is 4.39 Å². The SMILES string of the molecule is O=C1CSC(c2ccccc2F)N1CC1CCNCC1. The zero-order valence-corrected chi connectivity index (χ0v) is 12.2. The topological polar surface area (TPSA) is 32.3 Å². The first-order chi connectivity index (χ1) is 9.75. The van der Waals surface area contributed by atoms with Crippen molar-refractivity contribution >= 4 is 17.7 Å². The molecule has 5 heteroatoms. The maximum atomic E-state index is 14.0. The summed E-state index contributed by atoms with van der Waals surface area (Å²) in [6.45, 7) is 2.79. The molecule has 2 aliphatic heterocycles. The second kappa shape index (κ2) is 6.14. The molecule has 1 amide bonds. The van der Waals surface area contributed by atoms with Crippen molar-refractivity contribution in [2.45, 2.75) is 18.2 Å². The third kappa shape index (κ3) is 2.83. The van der Waals surface area contributed by atoms with Gasteiger partial charge in [0.1, 0.15) is 11.2 Å². The Morgan fingerprint density at radius 3 is 2.80 bits per heavy atom. The van der Waals surface area contributed by atoms with Crippen molar-refractivity contribution in [1.82, 2.24) is 10.2 Å². The lowest BCUT2D eigenvalue weighted by Gasteiger charge is -2.31. The number of carbonyl (C=O) groups excluding carboxylic acids is 1. The van der Waals surface area contributed by atoms with Gasteiger partial charge in [-0.3, -0.25) is 4.79 Å². The maximum absolute atomic E-state index is 14.0. The highest BCUT2D eigenvalue weighted by molar-refractivity contribution is 8.00. The molecule has 1 atom stereocenters. The standard InChI is InChI=1S/C15H19FN2OS/c16-13-4-2-1-3-12(13)15-18(14(19)10-20-15)9-11-5-7-17-8-6-11/h1-4,11,15,17H,5-10H2. The molecule has 108 valence electrons. The second-order valence-electron chi connectivity index (χ2n) is 5.42. The van der Waals surface area contributed by atoms with Gasteiger partial charge in [0.2, 0.25) is 5.91 Å². The highest BCUT2D eigenvalue weighted by Gasteiger charge is 2.35. The molecule has 0 bridgehead atoms. The minimum absolute atomic E-state index is 0.141. The van der Waals surface area contributed by atoms with Gasteiger partial charge in [-0.2, -0.15) is 0 Å². The molecule has 2 heterocycles. The van der Waals surface area contributed by atoms with Crippen LogP contribution in [0.15, 0.2) is 24.3 Å². The quantitative estimate of drug-likeness (QED) is 0.929. The summed E-state index contributed by atoms with van der Waals surface area (Å²) >= 11 is 1.54. The monoisotopic (exact) mass is 294 g/mol. The largest absolute Gasteiger partial charge is 0.325 e. The summed E-state index contributed by atoms with van der Waals surface area (Å²) in [6, 6.07) is 6.80. The van der Waals surface area contributed by atoms with E-state index >= 15 is 0 Å². The zero-order valence-electron chi connectivity index (χ0n) is 11.3. The normalized spacial score (nSPS) is 24.4. The smallest absolute Gasteiger partial charge is 0.233 e. The van der Waals surface area contributed by atoms with Gasteiger partial charge in [-0.05, 0) is 37.9 Å². The van der Waals surface area contributed by atoms with E-state index in [0.29, 0.717) is 17.2 Å². The number of hydrogen-bond acceptors (Lipinski definition) is 3. The molecule has 20 heavy (non-hydrogen) atoms. The van der Waals surface area contributed by atoms with Crippen molar-refractivity contribution < 1.29 is 9.18 Å². The number of nitrogens with zero attached hydrogens (tertiary/aromatic N) is 1. The fourth-order valence-corrected chi connectivity index (χ4v) is 4.15. The molecule has 0 radical (unpaired) electrons. The van der Waals surface area contributed by atoms with Gasteiger partial charge in [0.15, 0.2) is 0 Å². The summed E-state index contributed by atoms with van der Waals surface area (Å²) in [5.41, 5.74) is 0.636. The van der Waals surface area contributed by atoms with E-state index in [1.165, 1.54) is 17.8 Å². The van der Waals surface area contributed by atoms with Crippen LogP contribution in [0.1, 0.15) is 23.8 Å². The van der Waals surface area contributed by atoms with Crippen LogP contribution in [0, 0.1) is 11.7 Å². The van der Waals surface area contributed by atoms with Gasteiger partial charge in [0.05, 0.1) is 5.75 Å². The molecular weight excluding hydrogens is 275 g/mol. The number of hydrogen-bond donors (Lipinski definition) is 1. The predicted octanol–water partition coefficient (Wildman–Crippen LogP) is 2.40. The van der Waals surface area contributed by atoms with Gasteiger partial charge in [0, 0.05) is 12.1 Å². The van der Waals surface area contributed by atoms with Crippen LogP contribution in [0.25, 0.3) is 0 Å². The minimum Gasteiger partial charge on any atom is -0.325 e. The Hall–Kier alpha value is -1.07. The highest BCUT2D eigenvalue weighted by atomic mass is 32.2. The summed E-state index contributed by atoms with van der Waals surface area (Å²) in [5, 5.41) is 3.18. The molecule has 0 saturated carbocycles. The molecule has 1 unspecified atom stereocenters. The summed E-state index contributed by atoms with van der Waals surface area (Å²) in [4.78, 5) is 14.0. The van der Waals surface area contributed by atoms with Gasteiger partial charge in [-0.25, -0.2) is 4.39 Å². The first kappa shape index (κ1) is 13.9. The lowest BCUT2D eigenvalue weighted by Crippen LogP contribution is -2.38. The van der Waals surface area contributed by atoms with Crippen LogP contribution >= 0.6 is 11.8 Å². The van der Waals surface area contributed by atoms with E-state index in [4.69, 9.17) is 0 Å². The molecule has 1 N–H and O–H groups in total. The number of carbonyl (C=O) groups is 1. The van der Waals surface area contributed by atoms with Crippen LogP contribution in [-0.4, -0.2) is 36.2 Å². The van der Waals surface area contributed by atoms with Crippen molar-refractivity contribution in [3.63, 3.8) is 0 Å². The summed E-state index contributed by atoms with van der Waals surface area (Å²) in [6.07, 6.45) is 2.19. The third-order valence-corrected chi connectivity index (χ3v) is 5.29. The van der Waals surface area contributed by atoms with Crippen LogP contribution in [0.3, 0.4) is 0 Å². The highest BCUT2D eigenvalue weighted by Crippen LogP contribution is 2.40. The van der Waals surface area contributed by atoms with E-state index in [-0.39, 0.29) is 17.1 Å². The molecule has 0 aromatic heterocycles. The first-order valence-corrected chi connectivity index (χ1v) is 8.17. The van der Waals surface area contributed by atoms with E-state index < -0.39 is 0 Å². The molecule has 3 nitrogen and oxygen atoms in total. The summed E-state index contributed by atoms with van der Waals surface area (Å²) < 4.78 is 14.0. The van der Waals surface area contributed by atoms with Crippen LogP contribution < -0.4 is 5.32 Å². The van der Waals surface area contributed by atoms with Gasteiger partial charge < -0.3 is 10.2 Å². The molecule has 2 aliphatic rings. The van der Waals surface area contributed by atoms with Crippen LogP contribution in [0.2, 0.25) is 0 Å². The molecule has 3 rings (SSSR count). The van der Waals surface area contributed by atoms with E-state index in [2.05, 4.69) is 5.32 Å². The number of benzene rings is 1. The molecule has 1 aromatic carbocycles. The van der Waals surface area contributed by atoms with Crippen molar-refractivity contribution in [2.24, 2.45) is 5.92 Å². The average Bonchev–Trinajstić information content (AvgIpc) is 2.82. The number of thioether (sulfide) groups is 1. The molecular formula is C15H19FN2OS. The Labute approximate surface area is 122 Å². The van der Waals surface area contributed by atoms with Crippen molar-refractivity contribution in [2.75, 3.05) is 25.4 Å². The van der Waals surface area contributed by atoms with Crippen molar-refractivity contribution in [3.05, 3.63) is 35.6 Å². The molecule has 1 aromatic rings. The number of piperidine rings is 1. The molecule has 0 aliphatic carbocycles. The van der Waals surface area contributed by atoms with Crippen molar-refractivity contribution in [1.29, 1.82) is 0 Å². The van der Waals surface area contributed by atoms with Gasteiger partial charge in [-0.1, -0.05) is 18.2 Å². The zero-order chi connectivity index (χ0) is 13.9.